The molecule has 0 bridgehead atoms. The molecule has 164 valence electrons. The molecule has 2 N–H and O–H groups in total. The van der Waals surface area contributed by atoms with E-state index in [1.807, 2.05) is 14.0 Å². The van der Waals surface area contributed by atoms with E-state index in [4.69, 9.17) is 9.47 Å². The Morgan fingerprint density at radius 2 is 2.07 bits per heavy atom. The van der Waals surface area contributed by atoms with Crippen LogP contribution >= 0.6 is 24.0 Å². The summed E-state index contributed by atoms with van der Waals surface area (Å²) in [4.78, 5) is 6.93. The van der Waals surface area contributed by atoms with E-state index in [2.05, 4.69) is 46.5 Å². The van der Waals surface area contributed by atoms with E-state index in [1.165, 1.54) is 31.5 Å². The second-order valence-electron chi connectivity index (χ2n) is 8.05. The van der Waals surface area contributed by atoms with Gasteiger partial charge in [0, 0.05) is 44.2 Å². The van der Waals surface area contributed by atoms with Crippen molar-refractivity contribution in [2.75, 3.05) is 39.8 Å². The fourth-order valence-corrected chi connectivity index (χ4v) is 4.05. The van der Waals surface area contributed by atoms with Gasteiger partial charge in [-0.1, -0.05) is 6.92 Å². The predicted octanol–water partition coefficient (Wildman–Crippen LogP) is 3.42. The van der Waals surface area contributed by atoms with E-state index in [9.17, 15) is 0 Å². The smallest absolute Gasteiger partial charge is 0.191 e. The molecule has 3 rings (SSSR count). The first-order valence-electron chi connectivity index (χ1n) is 10.7. The minimum Gasteiger partial charge on any atom is -0.494 e. The number of aliphatic imine (C=N–C) groups is 1. The summed E-state index contributed by atoms with van der Waals surface area (Å²) in [6.07, 6.45) is 3.87. The first-order valence-corrected chi connectivity index (χ1v) is 10.7. The third-order valence-corrected chi connectivity index (χ3v) is 5.44. The average molecular weight is 516 g/mol. The first-order chi connectivity index (χ1) is 13.6. The number of nitrogens with zero attached hydrogens (tertiary/aromatic N) is 2. The fraction of sp³-hybridized carbons (Fsp3) is 0.682. The second-order valence-corrected chi connectivity index (χ2v) is 8.05. The summed E-state index contributed by atoms with van der Waals surface area (Å²) in [5.74, 6) is 3.33. The molecule has 2 aliphatic rings. The van der Waals surface area contributed by atoms with Crippen molar-refractivity contribution in [3.05, 3.63) is 23.3 Å². The van der Waals surface area contributed by atoms with Gasteiger partial charge in [-0.3, -0.25) is 4.99 Å². The molecule has 6 nitrogen and oxygen atoms in total. The Bertz CT molecular complexity index is 677. The quantitative estimate of drug-likeness (QED) is 0.315. The van der Waals surface area contributed by atoms with Gasteiger partial charge in [-0.2, -0.15) is 0 Å². The van der Waals surface area contributed by atoms with E-state index < -0.39 is 0 Å². The van der Waals surface area contributed by atoms with Crippen LogP contribution in [0.4, 0.5) is 0 Å². The third-order valence-electron chi connectivity index (χ3n) is 5.44. The monoisotopic (exact) mass is 516 g/mol. The highest BCUT2D eigenvalue weighted by Crippen LogP contribution is 2.35. The number of guanidine groups is 1. The van der Waals surface area contributed by atoms with Crippen molar-refractivity contribution >= 4 is 29.9 Å². The van der Waals surface area contributed by atoms with Gasteiger partial charge in [-0.25, -0.2) is 0 Å². The number of halogens is 1. The van der Waals surface area contributed by atoms with E-state index in [1.54, 1.807) is 0 Å². The van der Waals surface area contributed by atoms with Crippen molar-refractivity contribution in [2.24, 2.45) is 10.9 Å². The molecule has 29 heavy (non-hydrogen) atoms. The number of rotatable bonds is 8. The molecule has 0 amide bonds. The molecule has 2 heterocycles. The molecule has 1 saturated heterocycles. The fourth-order valence-electron chi connectivity index (χ4n) is 4.05. The lowest BCUT2D eigenvalue weighted by molar-refractivity contribution is 0.254. The number of hydrogen-bond donors (Lipinski definition) is 2. The second kappa shape index (κ2) is 11.8. The third kappa shape index (κ3) is 6.91. The summed E-state index contributed by atoms with van der Waals surface area (Å²) >= 11 is 0. The Labute approximate surface area is 192 Å². The van der Waals surface area contributed by atoms with Crippen molar-refractivity contribution in [2.45, 2.75) is 52.7 Å². The molecule has 1 fully saturated rings. The number of hydrogen-bond acceptors (Lipinski definition) is 4. The van der Waals surface area contributed by atoms with E-state index in [-0.39, 0.29) is 30.1 Å². The zero-order chi connectivity index (χ0) is 19.9. The Morgan fingerprint density at radius 1 is 1.31 bits per heavy atom. The van der Waals surface area contributed by atoms with Crippen LogP contribution in [0.15, 0.2) is 17.1 Å². The molecule has 0 radical (unpaired) electrons. The SMILES string of the molecule is CCOc1cc2c(cc1CNC(=NC)NCC(C)CN1CCCC1)OC(C)C2.I. The Kier molecular flexibility index (Phi) is 9.82. The summed E-state index contributed by atoms with van der Waals surface area (Å²) in [5, 5.41) is 6.89. The molecule has 1 aromatic rings. The molecule has 2 atom stereocenters. The Morgan fingerprint density at radius 3 is 2.76 bits per heavy atom. The zero-order valence-corrected chi connectivity index (χ0v) is 20.6. The molecule has 0 aromatic heterocycles. The number of ether oxygens (including phenoxy) is 2. The van der Waals surface area contributed by atoms with Crippen LogP contribution in [-0.2, 0) is 13.0 Å². The summed E-state index contributed by atoms with van der Waals surface area (Å²) in [7, 11) is 1.82. The molecule has 0 spiro atoms. The van der Waals surface area contributed by atoms with Gasteiger partial charge in [0.2, 0.25) is 0 Å². The minimum absolute atomic E-state index is 0. The van der Waals surface area contributed by atoms with Crippen LogP contribution < -0.4 is 20.1 Å². The maximum Gasteiger partial charge on any atom is 0.191 e. The normalized spacial score (nSPS) is 19.9. The average Bonchev–Trinajstić information content (AvgIpc) is 3.30. The van der Waals surface area contributed by atoms with Crippen LogP contribution in [0.1, 0.15) is 44.7 Å². The maximum absolute atomic E-state index is 5.92. The van der Waals surface area contributed by atoms with Crippen molar-refractivity contribution in [3.63, 3.8) is 0 Å². The summed E-state index contributed by atoms with van der Waals surface area (Å²) in [6, 6.07) is 4.24. The van der Waals surface area contributed by atoms with Gasteiger partial charge in [-0.15, -0.1) is 24.0 Å². The summed E-state index contributed by atoms with van der Waals surface area (Å²) in [6.45, 7) is 12.3. The first kappa shape index (κ1) is 24.1. The standard InChI is InChI=1S/C22H36N4O2.HI/c1-5-27-20-11-18-10-17(3)28-21(18)12-19(20)14-25-22(23-4)24-13-16(2)15-26-8-6-7-9-26;/h11-12,16-17H,5-10,13-15H2,1-4H3,(H2,23,24,25);1H. The maximum atomic E-state index is 5.92. The van der Waals surface area contributed by atoms with Crippen molar-refractivity contribution < 1.29 is 9.47 Å². The van der Waals surface area contributed by atoms with Crippen molar-refractivity contribution in [3.8, 4) is 11.5 Å². The molecular weight excluding hydrogens is 479 g/mol. The highest BCUT2D eigenvalue weighted by Gasteiger charge is 2.22. The van der Waals surface area contributed by atoms with Crippen LogP contribution in [0.2, 0.25) is 0 Å². The lowest BCUT2D eigenvalue weighted by atomic mass is 10.1. The van der Waals surface area contributed by atoms with Crippen LogP contribution in [0.5, 0.6) is 11.5 Å². The molecule has 7 heteroatoms. The Balaban J connectivity index is 0.00000300. The van der Waals surface area contributed by atoms with Crippen molar-refractivity contribution in [1.82, 2.24) is 15.5 Å². The summed E-state index contributed by atoms with van der Waals surface area (Å²) < 4.78 is 11.8. The number of nitrogens with one attached hydrogen (secondary N) is 2. The van der Waals surface area contributed by atoms with Crippen LogP contribution in [-0.4, -0.2) is 56.8 Å². The van der Waals surface area contributed by atoms with Crippen LogP contribution in [0.3, 0.4) is 0 Å². The van der Waals surface area contributed by atoms with E-state index >= 15 is 0 Å². The molecule has 1 aromatic carbocycles. The largest absolute Gasteiger partial charge is 0.494 e. The van der Waals surface area contributed by atoms with Gasteiger partial charge in [0.1, 0.15) is 17.6 Å². The van der Waals surface area contributed by atoms with Gasteiger partial charge >= 0.3 is 0 Å². The van der Waals surface area contributed by atoms with Gasteiger partial charge in [0.25, 0.3) is 0 Å². The van der Waals surface area contributed by atoms with Gasteiger partial charge in [0.05, 0.1) is 6.61 Å². The number of likely N-dealkylation sites (tertiary alicyclic amines) is 1. The predicted molar refractivity (Wildman–Crippen MR) is 130 cm³/mol. The highest BCUT2D eigenvalue weighted by molar-refractivity contribution is 14.0. The van der Waals surface area contributed by atoms with E-state index in [0.717, 1.165) is 42.5 Å². The van der Waals surface area contributed by atoms with Crippen LogP contribution in [0, 0.1) is 5.92 Å². The highest BCUT2D eigenvalue weighted by atomic mass is 127. The zero-order valence-electron chi connectivity index (χ0n) is 18.3. The van der Waals surface area contributed by atoms with Gasteiger partial charge < -0.3 is 25.0 Å². The Hall–Kier alpha value is -1.22. The van der Waals surface area contributed by atoms with Gasteiger partial charge in [0.15, 0.2) is 5.96 Å². The summed E-state index contributed by atoms with van der Waals surface area (Å²) in [5.41, 5.74) is 2.33. The molecule has 0 saturated carbocycles. The van der Waals surface area contributed by atoms with Crippen molar-refractivity contribution in [1.29, 1.82) is 0 Å². The van der Waals surface area contributed by atoms with Crippen LogP contribution in [0.25, 0.3) is 0 Å². The molecule has 2 aliphatic heterocycles. The number of benzene rings is 1. The van der Waals surface area contributed by atoms with Gasteiger partial charge in [-0.05, 0) is 57.8 Å². The van der Waals surface area contributed by atoms with E-state index in [0.29, 0.717) is 19.1 Å². The molecular formula is C22H37IN4O2. The lowest BCUT2D eigenvalue weighted by Gasteiger charge is -2.21. The molecule has 2 unspecified atom stereocenters. The topological polar surface area (TPSA) is 58.1 Å². The molecule has 0 aliphatic carbocycles. The number of fused-ring (bicyclic) bond motifs is 1. The lowest BCUT2D eigenvalue weighted by Crippen LogP contribution is -2.41. The minimum atomic E-state index is 0.